The molecular formula is C16H20N2O. The number of aryl methyl sites for hydroxylation is 1. The van der Waals surface area contributed by atoms with Crippen LogP contribution in [-0.2, 0) is 0 Å². The third-order valence-corrected chi connectivity index (χ3v) is 3.71. The van der Waals surface area contributed by atoms with Crippen molar-refractivity contribution in [1.82, 2.24) is 4.98 Å². The maximum atomic E-state index is 10.6. The highest BCUT2D eigenvalue weighted by Gasteiger charge is 2.23. The van der Waals surface area contributed by atoms with Gasteiger partial charge < -0.3 is 10.8 Å². The fourth-order valence-electron chi connectivity index (χ4n) is 2.35. The van der Waals surface area contributed by atoms with Crippen LogP contribution in [0.4, 0.5) is 0 Å². The third-order valence-electron chi connectivity index (χ3n) is 3.71. The Balaban J connectivity index is 2.36. The number of benzene rings is 1. The smallest absolute Gasteiger partial charge is 0.0873 e. The van der Waals surface area contributed by atoms with Crippen LogP contribution in [0, 0.1) is 13.8 Å². The highest BCUT2D eigenvalue weighted by Crippen LogP contribution is 2.32. The summed E-state index contributed by atoms with van der Waals surface area (Å²) in [5.41, 5.74) is 10.1. The Morgan fingerprint density at radius 3 is 2.63 bits per heavy atom. The first kappa shape index (κ1) is 13.7. The second-order valence-electron chi connectivity index (χ2n) is 4.86. The van der Waals surface area contributed by atoms with Gasteiger partial charge in [-0.3, -0.25) is 4.98 Å². The largest absolute Gasteiger partial charge is 0.388 e. The average molecular weight is 256 g/mol. The Hall–Kier alpha value is -1.71. The number of nitrogens with zero attached hydrogens (tertiary/aromatic N) is 1. The van der Waals surface area contributed by atoms with Crippen LogP contribution in [0.5, 0.6) is 0 Å². The summed E-state index contributed by atoms with van der Waals surface area (Å²) in [6.07, 6.45) is 2.89. The number of pyridine rings is 1. The fraction of sp³-hybridized carbons (Fsp3) is 0.312. The number of aliphatic hydroxyl groups excluding tert-OH is 1. The lowest BCUT2D eigenvalue weighted by molar-refractivity contribution is 0.146. The second-order valence-corrected chi connectivity index (χ2v) is 4.86. The molecule has 2 aromatic rings. The van der Waals surface area contributed by atoms with E-state index in [1.165, 1.54) is 5.56 Å². The van der Waals surface area contributed by atoms with Crippen molar-refractivity contribution >= 4 is 0 Å². The topological polar surface area (TPSA) is 59.1 Å². The minimum Gasteiger partial charge on any atom is -0.388 e. The summed E-state index contributed by atoms with van der Waals surface area (Å²) < 4.78 is 0. The molecule has 100 valence electrons. The summed E-state index contributed by atoms with van der Waals surface area (Å²) in [6, 6.07) is 9.81. The predicted octanol–water partition coefficient (Wildman–Crippen LogP) is 2.47. The first-order chi connectivity index (χ1) is 9.15. The van der Waals surface area contributed by atoms with E-state index >= 15 is 0 Å². The maximum Gasteiger partial charge on any atom is 0.0873 e. The summed E-state index contributed by atoms with van der Waals surface area (Å²) in [4.78, 5) is 4.10. The third kappa shape index (κ3) is 2.83. The number of rotatable bonds is 4. The lowest BCUT2D eigenvalue weighted by Gasteiger charge is -2.24. The zero-order valence-corrected chi connectivity index (χ0v) is 11.4. The zero-order valence-electron chi connectivity index (χ0n) is 11.4. The van der Waals surface area contributed by atoms with Crippen molar-refractivity contribution in [2.24, 2.45) is 5.73 Å². The molecule has 19 heavy (non-hydrogen) atoms. The number of aliphatic hydroxyl groups is 1. The molecule has 0 fully saturated rings. The van der Waals surface area contributed by atoms with E-state index in [2.05, 4.69) is 4.98 Å². The summed E-state index contributed by atoms with van der Waals surface area (Å²) >= 11 is 0. The van der Waals surface area contributed by atoms with Crippen LogP contribution in [-0.4, -0.2) is 16.6 Å². The molecule has 3 nitrogen and oxygen atoms in total. The van der Waals surface area contributed by atoms with Crippen LogP contribution < -0.4 is 5.73 Å². The van der Waals surface area contributed by atoms with E-state index in [1.807, 2.05) is 44.2 Å². The van der Waals surface area contributed by atoms with Gasteiger partial charge >= 0.3 is 0 Å². The molecule has 0 amide bonds. The molecule has 0 aliphatic carbocycles. The summed E-state index contributed by atoms with van der Waals surface area (Å²) in [6.45, 7) is 4.47. The molecule has 2 atom stereocenters. The number of hydrogen-bond acceptors (Lipinski definition) is 3. The van der Waals surface area contributed by atoms with E-state index in [1.54, 1.807) is 12.4 Å². The molecule has 1 aromatic heterocycles. The van der Waals surface area contributed by atoms with E-state index in [4.69, 9.17) is 5.73 Å². The molecule has 2 rings (SSSR count). The van der Waals surface area contributed by atoms with E-state index in [-0.39, 0.29) is 5.92 Å². The Labute approximate surface area is 114 Å². The number of nitrogens with two attached hydrogens (primary N) is 1. The van der Waals surface area contributed by atoms with Gasteiger partial charge in [-0.05, 0) is 42.2 Å². The first-order valence-corrected chi connectivity index (χ1v) is 6.49. The molecular weight excluding hydrogens is 236 g/mol. The van der Waals surface area contributed by atoms with Crippen molar-refractivity contribution in [2.45, 2.75) is 25.9 Å². The standard InChI is InChI=1S/C16H20N2O/c1-11-5-3-7-14(12(11)2)16(19)15(9-17)13-6-4-8-18-10-13/h3-8,10,15-16,19H,9,17H2,1-2H3. The van der Waals surface area contributed by atoms with Crippen molar-refractivity contribution in [3.63, 3.8) is 0 Å². The van der Waals surface area contributed by atoms with Crippen LogP contribution in [0.1, 0.15) is 34.3 Å². The Morgan fingerprint density at radius 1 is 1.21 bits per heavy atom. The van der Waals surface area contributed by atoms with E-state index < -0.39 is 6.10 Å². The van der Waals surface area contributed by atoms with Crippen molar-refractivity contribution in [3.8, 4) is 0 Å². The summed E-state index contributed by atoms with van der Waals surface area (Å²) in [7, 11) is 0. The van der Waals surface area contributed by atoms with Crippen molar-refractivity contribution in [2.75, 3.05) is 6.54 Å². The minimum absolute atomic E-state index is 0.130. The Morgan fingerprint density at radius 2 is 2.00 bits per heavy atom. The van der Waals surface area contributed by atoms with Crippen molar-refractivity contribution in [1.29, 1.82) is 0 Å². The van der Waals surface area contributed by atoms with Gasteiger partial charge in [-0.25, -0.2) is 0 Å². The highest BCUT2D eigenvalue weighted by molar-refractivity contribution is 5.36. The summed E-state index contributed by atoms with van der Waals surface area (Å²) in [5, 5.41) is 10.6. The summed E-state index contributed by atoms with van der Waals surface area (Å²) in [5.74, 6) is -0.130. The van der Waals surface area contributed by atoms with Crippen LogP contribution >= 0.6 is 0 Å². The molecule has 0 radical (unpaired) electrons. The van der Waals surface area contributed by atoms with Gasteiger partial charge in [0.25, 0.3) is 0 Å². The fourth-order valence-corrected chi connectivity index (χ4v) is 2.35. The van der Waals surface area contributed by atoms with Crippen molar-refractivity contribution in [3.05, 3.63) is 65.0 Å². The monoisotopic (exact) mass is 256 g/mol. The molecule has 0 spiro atoms. The SMILES string of the molecule is Cc1cccc(C(O)C(CN)c2cccnc2)c1C. The van der Waals surface area contributed by atoms with Crippen LogP contribution in [0.25, 0.3) is 0 Å². The molecule has 1 aromatic carbocycles. The Kier molecular flexibility index (Phi) is 4.30. The second kappa shape index (κ2) is 5.95. The lowest BCUT2D eigenvalue weighted by Crippen LogP contribution is -2.21. The van der Waals surface area contributed by atoms with E-state index in [9.17, 15) is 5.11 Å². The van der Waals surface area contributed by atoms with Gasteiger partial charge in [0.05, 0.1) is 6.10 Å². The quantitative estimate of drug-likeness (QED) is 0.883. The number of hydrogen-bond donors (Lipinski definition) is 2. The van der Waals surface area contributed by atoms with Gasteiger partial charge in [0.2, 0.25) is 0 Å². The van der Waals surface area contributed by atoms with Crippen LogP contribution in [0.15, 0.2) is 42.7 Å². The van der Waals surface area contributed by atoms with Gasteiger partial charge in [-0.2, -0.15) is 0 Å². The van der Waals surface area contributed by atoms with Gasteiger partial charge in [0.1, 0.15) is 0 Å². The molecule has 0 saturated heterocycles. The first-order valence-electron chi connectivity index (χ1n) is 6.49. The van der Waals surface area contributed by atoms with Gasteiger partial charge in [0, 0.05) is 24.9 Å². The van der Waals surface area contributed by atoms with E-state index in [0.717, 1.165) is 16.7 Å². The molecule has 0 bridgehead atoms. The van der Waals surface area contributed by atoms with Gasteiger partial charge in [-0.1, -0.05) is 24.3 Å². The average Bonchev–Trinajstić information content (AvgIpc) is 2.44. The minimum atomic E-state index is -0.603. The lowest BCUT2D eigenvalue weighted by atomic mass is 9.87. The molecule has 0 aliphatic heterocycles. The maximum absolute atomic E-state index is 10.6. The van der Waals surface area contributed by atoms with E-state index in [0.29, 0.717) is 6.54 Å². The molecule has 3 N–H and O–H groups in total. The highest BCUT2D eigenvalue weighted by atomic mass is 16.3. The molecule has 1 heterocycles. The zero-order chi connectivity index (χ0) is 13.8. The molecule has 3 heteroatoms. The number of aromatic nitrogens is 1. The molecule has 0 saturated carbocycles. The predicted molar refractivity (Wildman–Crippen MR) is 76.9 cm³/mol. The van der Waals surface area contributed by atoms with Crippen molar-refractivity contribution < 1.29 is 5.11 Å². The molecule has 2 unspecified atom stereocenters. The van der Waals surface area contributed by atoms with Crippen LogP contribution in [0.2, 0.25) is 0 Å². The van der Waals surface area contributed by atoms with Gasteiger partial charge in [-0.15, -0.1) is 0 Å². The Bertz CT molecular complexity index is 540. The van der Waals surface area contributed by atoms with Gasteiger partial charge in [0.15, 0.2) is 0 Å². The normalized spacial score (nSPS) is 14.1. The van der Waals surface area contributed by atoms with Crippen LogP contribution in [0.3, 0.4) is 0 Å². The molecule has 0 aliphatic rings.